The van der Waals surface area contributed by atoms with Gasteiger partial charge in [-0.3, -0.25) is 4.90 Å². The quantitative estimate of drug-likeness (QED) is 0.714. The summed E-state index contributed by atoms with van der Waals surface area (Å²) in [5.74, 6) is 1.43. The number of nitrogens with zero attached hydrogens (tertiary/aromatic N) is 1. The predicted molar refractivity (Wildman–Crippen MR) is 51.2 cm³/mol. The number of hydrogen-bond donors (Lipinski definition) is 1. The molecule has 1 aromatic carbocycles. The maximum atomic E-state index is 9.76. The van der Waals surface area contributed by atoms with Crippen molar-refractivity contribution < 1.29 is 14.6 Å². The van der Waals surface area contributed by atoms with E-state index < -0.39 is 6.23 Å². The van der Waals surface area contributed by atoms with E-state index in [1.807, 2.05) is 26.2 Å². The summed E-state index contributed by atoms with van der Waals surface area (Å²) < 4.78 is 10.4. The normalized spacial score (nSPS) is 16.0. The molecule has 1 aromatic rings. The molecule has 0 fully saturated rings. The van der Waals surface area contributed by atoms with Crippen LogP contribution in [0.3, 0.4) is 0 Å². The second-order valence-corrected chi connectivity index (χ2v) is 3.45. The molecule has 0 spiro atoms. The summed E-state index contributed by atoms with van der Waals surface area (Å²) in [5, 5.41) is 9.76. The zero-order valence-electron chi connectivity index (χ0n) is 8.23. The van der Waals surface area contributed by atoms with Crippen molar-refractivity contribution in [2.24, 2.45) is 0 Å². The summed E-state index contributed by atoms with van der Waals surface area (Å²) in [6.07, 6.45) is -0.607. The molecule has 0 saturated heterocycles. The Kier molecular flexibility index (Phi) is 2.31. The molecule has 0 radical (unpaired) electrons. The highest BCUT2D eigenvalue weighted by atomic mass is 16.7. The van der Waals surface area contributed by atoms with Crippen molar-refractivity contribution in [3.05, 3.63) is 23.8 Å². The largest absolute Gasteiger partial charge is 0.454 e. The Balaban J connectivity index is 2.28. The van der Waals surface area contributed by atoms with E-state index in [1.54, 1.807) is 11.0 Å². The molecule has 1 heterocycles. The van der Waals surface area contributed by atoms with E-state index in [9.17, 15) is 5.11 Å². The van der Waals surface area contributed by atoms with Crippen molar-refractivity contribution in [2.75, 3.05) is 20.9 Å². The third-order valence-electron chi connectivity index (χ3n) is 2.18. The fourth-order valence-electron chi connectivity index (χ4n) is 1.37. The van der Waals surface area contributed by atoms with E-state index in [-0.39, 0.29) is 6.79 Å². The van der Waals surface area contributed by atoms with Crippen LogP contribution in [0.5, 0.6) is 11.5 Å². The van der Waals surface area contributed by atoms with Crippen molar-refractivity contribution in [2.45, 2.75) is 6.23 Å². The number of aliphatic hydroxyl groups is 1. The molecule has 14 heavy (non-hydrogen) atoms. The van der Waals surface area contributed by atoms with Crippen LogP contribution in [-0.4, -0.2) is 30.9 Å². The molecule has 4 nitrogen and oxygen atoms in total. The van der Waals surface area contributed by atoms with Crippen molar-refractivity contribution >= 4 is 0 Å². The topological polar surface area (TPSA) is 41.9 Å². The average molecular weight is 195 g/mol. The standard InChI is InChI=1S/C10H13NO3/c1-11(2)10(12)7-3-4-8-9(5-7)14-6-13-8/h3-5,10,12H,6H2,1-2H3. The van der Waals surface area contributed by atoms with Crippen LogP contribution in [-0.2, 0) is 0 Å². The summed E-state index contributed by atoms with van der Waals surface area (Å²) in [6.45, 7) is 0.261. The Labute approximate surface area is 82.7 Å². The van der Waals surface area contributed by atoms with Gasteiger partial charge in [0.15, 0.2) is 11.5 Å². The number of ether oxygens (including phenoxy) is 2. The van der Waals surface area contributed by atoms with Gasteiger partial charge in [-0.1, -0.05) is 6.07 Å². The van der Waals surface area contributed by atoms with Gasteiger partial charge in [-0.05, 0) is 31.8 Å². The monoisotopic (exact) mass is 195 g/mol. The molecule has 0 aromatic heterocycles. The third-order valence-corrected chi connectivity index (χ3v) is 2.18. The molecule has 0 amide bonds. The summed E-state index contributed by atoms with van der Waals surface area (Å²) in [5.41, 5.74) is 0.805. The molecule has 0 saturated carbocycles. The van der Waals surface area contributed by atoms with Crippen LogP contribution in [0.25, 0.3) is 0 Å². The zero-order valence-corrected chi connectivity index (χ0v) is 8.23. The SMILES string of the molecule is CN(C)C(O)c1ccc2c(c1)OCO2. The maximum Gasteiger partial charge on any atom is 0.231 e. The molecule has 1 aliphatic rings. The van der Waals surface area contributed by atoms with Crippen molar-refractivity contribution in [3.8, 4) is 11.5 Å². The summed E-state index contributed by atoms with van der Waals surface area (Å²) >= 11 is 0. The van der Waals surface area contributed by atoms with Crippen molar-refractivity contribution in [3.63, 3.8) is 0 Å². The molecule has 1 atom stereocenters. The Bertz CT molecular complexity index is 338. The van der Waals surface area contributed by atoms with E-state index in [0.29, 0.717) is 5.75 Å². The second-order valence-electron chi connectivity index (χ2n) is 3.45. The fourth-order valence-corrected chi connectivity index (χ4v) is 1.37. The smallest absolute Gasteiger partial charge is 0.231 e. The van der Waals surface area contributed by atoms with E-state index in [0.717, 1.165) is 11.3 Å². The third kappa shape index (κ3) is 1.54. The minimum Gasteiger partial charge on any atom is -0.454 e. The van der Waals surface area contributed by atoms with E-state index in [1.165, 1.54) is 0 Å². The molecular weight excluding hydrogens is 182 g/mol. The van der Waals surface area contributed by atoms with Gasteiger partial charge in [-0.25, -0.2) is 0 Å². The van der Waals surface area contributed by atoms with Gasteiger partial charge >= 0.3 is 0 Å². The van der Waals surface area contributed by atoms with Gasteiger partial charge in [0.2, 0.25) is 6.79 Å². The Morgan fingerprint density at radius 3 is 2.71 bits per heavy atom. The van der Waals surface area contributed by atoms with Crippen LogP contribution in [0, 0.1) is 0 Å². The minimum atomic E-state index is -0.607. The first-order valence-electron chi connectivity index (χ1n) is 4.42. The highest BCUT2D eigenvalue weighted by Crippen LogP contribution is 2.34. The molecular formula is C10H13NO3. The highest BCUT2D eigenvalue weighted by molar-refractivity contribution is 5.44. The van der Waals surface area contributed by atoms with Crippen LogP contribution in [0.15, 0.2) is 18.2 Å². The number of aliphatic hydroxyl groups excluding tert-OH is 1. The van der Waals surface area contributed by atoms with Crippen molar-refractivity contribution in [1.29, 1.82) is 0 Å². The van der Waals surface area contributed by atoms with Gasteiger partial charge in [0.1, 0.15) is 6.23 Å². The van der Waals surface area contributed by atoms with Crippen molar-refractivity contribution in [1.82, 2.24) is 4.90 Å². The number of fused-ring (bicyclic) bond motifs is 1. The van der Waals surface area contributed by atoms with Crippen LogP contribution in [0.4, 0.5) is 0 Å². The van der Waals surface area contributed by atoms with Crippen LogP contribution >= 0.6 is 0 Å². The Hall–Kier alpha value is -1.26. The van der Waals surface area contributed by atoms with E-state index >= 15 is 0 Å². The molecule has 1 N–H and O–H groups in total. The van der Waals surface area contributed by atoms with Gasteiger partial charge < -0.3 is 14.6 Å². The second kappa shape index (κ2) is 3.48. The Morgan fingerprint density at radius 1 is 1.29 bits per heavy atom. The van der Waals surface area contributed by atoms with Crippen LogP contribution < -0.4 is 9.47 Å². The molecule has 0 aliphatic carbocycles. The first-order chi connectivity index (χ1) is 6.68. The van der Waals surface area contributed by atoms with Gasteiger partial charge in [-0.15, -0.1) is 0 Å². The highest BCUT2D eigenvalue weighted by Gasteiger charge is 2.17. The predicted octanol–water partition coefficient (Wildman–Crippen LogP) is 0.968. The lowest BCUT2D eigenvalue weighted by Crippen LogP contribution is -2.18. The molecule has 76 valence electrons. The van der Waals surface area contributed by atoms with Crippen LogP contribution in [0.1, 0.15) is 11.8 Å². The molecule has 1 unspecified atom stereocenters. The molecule has 4 heteroatoms. The van der Waals surface area contributed by atoms with Gasteiger partial charge in [0, 0.05) is 0 Å². The number of hydrogen-bond acceptors (Lipinski definition) is 4. The summed E-state index contributed by atoms with van der Waals surface area (Å²) in [6, 6.07) is 5.44. The van der Waals surface area contributed by atoms with Crippen LogP contribution in [0.2, 0.25) is 0 Å². The Morgan fingerprint density at radius 2 is 2.00 bits per heavy atom. The molecule has 1 aliphatic heterocycles. The summed E-state index contributed by atoms with van der Waals surface area (Å²) in [4.78, 5) is 1.72. The number of benzene rings is 1. The summed E-state index contributed by atoms with van der Waals surface area (Å²) in [7, 11) is 3.63. The molecule has 2 rings (SSSR count). The molecule has 0 bridgehead atoms. The van der Waals surface area contributed by atoms with E-state index in [4.69, 9.17) is 9.47 Å². The first-order valence-corrected chi connectivity index (χ1v) is 4.42. The minimum absolute atomic E-state index is 0.261. The number of rotatable bonds is 2. The van der Waals surface area contributed by atoms with E-state index in [2.05, 4.69) is 0 Å². The lowest BCUT2D eigenvalue weighted by molar-refractivity contribution is 0.0394. The lowest BCUT2D eigenvalue weighted by atomic mass is 10.1. The van der Waals surface area contributed by atoms with Gasteiger partial charge in [0.05, 0.1) is 0 Å². The first kappa shape index (κ1) is 9.30. The lowest BCUT2D eigenvalue weighted by Gasteiger charge is -2.18. The van der Waals surface area contributed by atoms with Gasteiger partial charge in [0.25, 0.3) is 0 Å². The zero-order chi connectivity index (χ0) is 10.1. The van der Waals surface area contributed by atoms with Gasteiger partial charge in [-0.2, -0.15) is 0 Å². The fraction of sp³-hybridized carbons (Fsp3) is 0.400. The average Bonchev–Trinajstić information content (AvgIpc) is 2.62. The maximum absolute atomic E-state index is 9.76.